The summed E-state index contributed by atoms with van der Waals surface area (Å²) >= 11 is 11.8. The van der Waals surface area contributed by atoms with Gasteiger partial charge in [0.15, 0.2) is 0 Å². The predicted octanol–water partition coefficient (Wildman–Crippen LogP) is 4.67. The lowest BCUT2D eigenvalue weighted by molar-refractivity contribution is 0.0940. The Labute approximate surface area is 150 Å². The van der Waals surface area contributed by atoms with Gasteiger partial charge in [-0.1, -0.05) is 35.3 Å². The normalized spacial score (nSPS) is 12.0. The maximum Gasteiger partial charge on any atom is 0.254 e. The van der Waals surface area contributed by atoms with Crippen molar-refractivity contribution in [1.29, 1.82) is 0 Å². The quantitative estimate of drug-likeness (QED) is 0.735. The molecule has 4 nitrogen and oxygen atoms in total. The summed E-state index contributed by atoms with van der Waals surface area (Å²) in [6.07, 6.45) is 3.23. The van der Waals surface area contributed by atoms with Crippen LogP contribution in [0.3, 0.4) is 0 Å². The molecule has 0 aliphatic carbocycles. The summed E-state index contributed by atoms with van der Waals surface area (Å²) in [5, 5.41) is 8.49. The third-order valence-corrected chi connectivity index (χ3v) is 4.16. The number of hydrogen-bond acceptors (Lipinski definition) is 2. The average Bonchev–Trinajstić information content (AvgIpc) is 3.06. The fraction of sp³-hybridized carbons (Fsp3) is 0.111. The summed E-state index contributed by atoms with van der Waals surface area (Å²) in [4.78, 5) is 12.4. The van der Waals surface area contributed by atoms with Crippen LogP contribution in [0.4, 0.5) is 0 Å². The maximum atomic E-state index is 12.4. The van der Waals surface area contributed by atoms with E-state index in [0.717, 1.165) is 11.3 Å². The zero-order valence-corrected chi connectivity index (χ0v) is 14.4. The standard InChI is InChI=1S/C18H15Cl2N3O/c1-12(13-2-4-15(19)5-3-13)22-18(24)14-10-21-23(11-14)17-8-6-16(20)7-9-17/h2-12H,1H3,(H,22,24). The zero-order valence-electron chi connectivity index (χ0n) is 12.9. The maximum absolute atomic E-state index is 12.4. The van der Waals surface area contributed by atoms with E-state index in [2.05, 4.69) is 10.4 Å². The molecule has 1 unspecified atom stereocenters. The molecule has 122 valence electrons. The van der Waals surface area contributed by atoms with Gasteiger partial charge < -0.3 is 5.32 Å². The summed E-state index contributed by atoms with van der Waals surface area (Å²) in [5.74, 6) is -0.183. The molecule has 1 N–H and O–H groups in total. The topological polar surface area (TPSA) is 46.9 Å². The molecule has 0 fully saturated rings. The van der Waals surface area contributed by atoms with E-state index in [-0.39, 0.29) is 11.9 Å². The molecule has 0 bridgehead atoms. The highest BCUT2D eigenvalue weighted by Crippen LogP contribution is 2.17. The third-order valence-electron chi connectivity index (χ3n) is 3.65. The van der Waals surface area contributed by atoms with Gasteiger partial charge in [-0.3, -0.25) is 4.79 Å². The number of benzene rings is 2. The molecule has 0 aliphatic heterocycles. The largest absolute Gasteiger partial charge is 0.345 e. The van der Waals surface area contributed by atoms with Gasteiger partial charge >= 0.3 is 0 Å². The fourth-order valence-corrected chi connectivity index (χ4v) is 2.54. The Morgan fingerprint density at radius 3 is 2.25 bits per heavy atom. The summed E-state index contributed by atoms with van der Waals surface area (Å²) in [5.41, 5.74) is 2.31. The summed E-state index contributed by atoms with van der Waals surface area (Å²) in [6.45, 7) is 1.92. The second-order valence-electron chi connectivity index (χ2n) is 5.40. The highest BCUT2D eigenvalue weighted by molar-refractivity contribution is 6.30. The van der Waals surface area contributed by atoms with Crippen LogP contribution in [0, 0.1) is 0 Å². The van der Waals surface area contributed by atoms with E-state index in [1.54, 1.807) is 41.3 Å². The van der Waals surface area contributed by atoms with Crippen molar-refractivity contribution in [1.82, 2.24) is 15.1 Å². The van der Waals surface area contributed by atoms with Crippen molar-refractivity contribution in [3.05, 3.63) is 82.1 Å². The van der Waals surface area contributed by atoms with Crippen LogP contribution < -0.4 is 5.32 Å². The first-order valence-corrected chi connectivity index (χ1v) is 8.15. The van der Waals surface area contributed by atoms with Crippen molar-refractivity contribution >= 4 is 29.1 Å². The Morgan fingerprint density at radius 1 is 1.04 bits per heavy atom. The second-order valence-corrected chi connectivity index (χ2v) is 6.27. The van der Waals surface area contributed by atoms with Crippen LogP contribution in [0.1, 0.15) is 28.9 Å². The molecular weight excluding hydrogens is 345 g/mol. The number of rotatable bonds is 4. The Hall–Kier alpha value is -2.30. The van der Waals surface area contributed by atoms with Crippen molar-refractivity contribution in [2.24, 2.45) is 0 Å². The molecule has 3 rings (SSSR count). The fourth-order valence-electron chi connectivity index (χ4n) is 2.29. The van der Waals surface area contributed by atoms with Crippen molar-refractivity contribution < 1.29 is 4.79 Å². The SMILES string of the molecule is CC(NC(=O)c1cnn(-c2ccc(Cl)cc2)c1)c1ccc(Cl)cc1. The highest BCUT2D eigenvalue weighted by Gasteiger charge is 2.13. The van der Waals surface area contributed by atoms with Crippen LogP contribution in [-0.2, 0) is 0 Å². The zero-order chi connectivity index (χ0) is 17.1. The van der Waals surface area contributed by atoms with Gasteiger partial charge in [0.1, 0.15) is 0 Å². The lowest BCUT2D eigenvalue weighted by Crippen LogP contribution is -2.26. The van der Waals surface area contributed by atoms with Crippen LogP contribution in [0.2, 0.25) is 10.0 Å². The first-order valence-electron chi connectivity index (χ1n) is 7.40. The number of nitrogens with one attached hydrogen (secondary N) is 1. The number of amides is 1. The molecule has 1 atom stereocenters. The number of nitrogens with zero attached hydrogens (tertiary/aromatic N) is 2. The molecule has 24 heavy (non-hydrogen) atoms. The molecular formula is C18H15Cl2N3O. The highest BCUT2D eigenvalue weighted by atomic mass is 35.5. The summed E-state index contributed by atoms with van der Waals surface area (Å²) in [6, 6.07) is 14.5. The monoisotopic (exact) mass is 359 g/mol. The minimum Gasteiger partial charge on any atom is -0.345 e. The molecule has 6 heteroatoms. The molecule has 0 saturated carbocycles. The first-order chi connectivity index (χ1) is 11.5. The smallest absolute Gasteiger partial charge is 0.254 e. The Morgan fingerprint density at radius 2 is 1.62 bits per heavy atom. The molecule has 2 aromatic carbocycles. The van der Waals surface area contributed by atoms with Gasteiger partial charge in [0.05, 0.1) is 23.5 Å². The van der Waals surface area contributed by atoms with Crippen molar-refractivity contribution in [3.63, 3.8) is 0 Å². The lowest BCUT2D eigenvalue weighted by Gasteiger charge is -2.13. The van der Waals surface area contributed by atoms with Gasteiger partial charge in [0.2, 0.25) is 0 Å². The average molecular weight is 360 g/mol. The van der Waals surface area contributed by atoms with Crippen molar-refractivity contribution in [3.8, 4) is 5.69 Å². The molecule has 0 aliphatic rings. The van der Waals surface area contributed by atoms with Gasteiger partial charge in [-0.25, -0.2) is 4.68 Å². The molecule has 1 amide bonds. The minimum absolute atomic E-state index is 0.131. The van der Waals surface area contributed by atoms with E-state index in [9.17, 15) is 4.79 Å². The van der Waals surface area contributed by atoms with Crippen LogP contribution in [0.5, 0.6) is 0 Å². The summed E-state index contributed by atoms with van der Waals surface area (Å²) in [7, 11) is 0. The Kier molecular flexibility index (Phi) is 4.88. The number of carbonyl (C=O) groups is 1. The minimum atomic E-state index is -0.183. The number of carbonyl (C=O) groups excluding carboxylic acids is 1. The van der Waals surface area contributed by atoms with E-state index < -0.39 is 0 Å². The van der Waals surface area contributed by atoms with Crippen molar-refractivity contribution in [2.45, 2.75) is 13.0 Å². The first kappa shape index (κ1) is 16.6. The summed E-state index contributed by atoms with van der Waals surface area (Å²) < 4.78 is 1.64. The van der Waals surface area contributed by atoms with E-state index in [1.165, 1.54) is 0 Å². The second kappa shape index (κ2) is 7.07. The van der Waals surface area contributed by atoms with Crippen molar-refractivity contribution in [2.75, 3.05) is 0 Å². The Balaban J connectivity index is 1.71. The van der Waals surface area contributed by atoms with Crippen LogP contribution in [0.15, 0.2) is 60.9 Å². The van der Waals surface area contributed by atoms with Gasteiger partial charge in [0, 0.05) is 16.2 Å². The van der Waals surface area contributed by atoms with Gasteiger partial charge in [-0.15, -0.1) is 0 Å². The van der Waals surface area contributed by atoms with E-state index >= 15 is 0 Å². The Bertz CT molecular complexity index is 841. The number of halogens is 2. The molecule has 1 heterocycles. The molecule has 0 saturated heterocycles. The molecule has 1 aromatic heterocycles. The molecule has 0 spiro atoms. The van der Waals surface area contributed by atoms with Crippen LogP contribution >= 0.6 is 23.2 Å². The lowest BCUT2D eigenvalue weighted by atomic mass is 10.1. The number of hydrogen-bond donors (Lipinski definition) is 1. The molecule has 0 radical (unpaired) electrons. The van der Waals surface area contributed by atoms with E-state index in [1.807, 2.05) is 31.2 Å². The predicted molar refractivity (Wildman–Crippen MR) is 95.9 cm³/mol. The van der Waals surface area contributed by atoms with Crippen LogP contribution in [-0.4, -0.2) is 15.7 Å². The van der Waals surface area contributed by atoms with Gasteiger partial charge in [-0.05, 0) is 48.9 Å². The third kappa shape index (κ3) is 3.78. The van der Waals surface area contributed by atoms with E-state index in [4.69, 9.17) is 23.2 Å². The van der Waals surface area contributed by atoms with Crippen LogP contribution in [0.25, 0.3) is 5.69 Å². The number of aromatic nitrogens is 2. The van der Waals surface area contributed by atoms with Gasteiger partial charge in [0.25, 0.3) is 5.91 Å². The van der Waals surface area contributed by atoms with Gasteiger partial charge in [-0.2, -0.15) is 5.10 Å². The van der Waals surface area contributed by atoms with E-state index in [0.29, 0.717) is 15.6 Å². The molecule has 3 aromatic rings.